The van der Waals surface area contributed by atoms with Gasteiger partial charge < -0.3 is 19.5 Å². The van der Waals surface area contributed by atoms with Crippen molar-refractivity contribution < 1.29 is 33.8 Å². The molecule has 0 radical (unpaired) electrons. The maximum atomic E-state index is 12.9. The molecule has 35 heavy (non-hydrogen) atoms. The van der Waals surface area contributed by atoms with Gasteiger partial charge in [-0.2, -0.15) is 0 Å². The molecular formula is C25H24N2O7S. The lowest BCUT2D eigenvalue weighted by Gasteiger charge is -2.29. The van der Waals surface area contributed by atoms with Gasteiger partial charge in [0.2, 0.25) is 5.91 Å². The Morgan fingerprint density at radius 1 is 1.09 bits per heavy atom. The van der Waals surface area contributed by atoms with E-state index in [0.717, 1.165) is 28.6 Å². The molecule has 0 aromatic heterocycles. The zero-order valence-corrected chi connectivity index (χ0v) is 19.9. The molecule has 0 aliphatic carbocycles. The molecule has 0 atom stereocenters. The first-order chi connectivity index (χ1) is 16.9. The second kappa shape index (κ2) is 10.6. The van der Waals surface area contributed by atoms with Gasteiger partial charge in [-0.1, -0.05) is 30.3 Å². The molecule has 2 aromatic rings. The molecule has 2 aliphatic heterocycles. The van der Waals surface area contributed by atoms with Crippen molar-refractivity contribution in [2.24, 2.45) is 0 Å². The van der Waals surface area contributed by atoms with E-state index < -0.39 is 23.7 Å². The van der Waals surface area contributed by atoms with E-state index in [1.165, 1.54) is 11.6 Å². The minimum atomic E-state index is -1.12. The van der Waals surface area contributed by atoms with E-state index in [2.05, 4.69) is 0 Å². The summed E-state index contributed by atoms with van der Waals surface area (Å²) in [6.45, 7) is 2.27. The van der Waals surface area contributed by atoms with Gasteiger partial charge in [-0.25, -0.2) is 4.79 Å². The van der Waals surface area contributed by atoms with E-state index >= 15 is 0 Å². The molecule has 1 N–H and O–H groups in total. The lowest BCUT2D eigenvalue weighted by Crippen LogP contribution is -2.44. The number of imide groups is 1. The number of fused-ring (bicyclic) bond motifs is 1. The largest absolute Gasteiger partial charge is 0.490 e. The van der Waals surface area contributed by atoms with Crippen LogP contribution in [0.25, 0.3) is 6.08 Å². The Bertz CT molecular complexity index is 1210. The summed E-state index contributed by atoms with van der Waals surface area (Å²) < 4.78 is 10.8. The van der Waals surface area contributed by atoms with Gasteiger partial charge in [-0.05, 0) is 60.0 Å². The Kier molecular flexibility index (Phi) is 7.40. The van der Waals surface area contributed by atoms with Gasteiger partial charge in [0.25, 0.3) is 11.1 Å². The number of thioether (sulfide) groups is 1. The summed E-state index contributed by atoms with van der Waals surface area (Å²) in [5.41, 5.74) is 2.85. The van der Waals surface area contributed by atoms with Crippen LogP contribution in [0.1, 0.15) is 23.6 Å². The minimum Gasteiger partial charge on any atom is -0.490 e. The SMILES string of the molecule is CCOc1cc(/C=C2\SC(=O)N(CC(=O)N3CCc4ccccc4C3)C2=O)ccc1OCC(=O)O. The number of ether oxygens (including phenoxy) is 2. The van der Waals surface area contributed by atoms with E-state index in [1.54, 1.807) is 30.0 Å². The maximum absolute atomic E-state index is 12.9. The molecular weight excluding hydrogens is 472 g/mol. The molecule has 2 aromatic carbocycles. The first kappa shape index (κ1) is 24.3. The number of benzene rings is 2. The van der Waals surface area contributed by atoms with Crippen LogP contribution in [0.2, 0.25) is 0 Å². The van der Waals surface area contributed by atoms with Crippen molar-refractivity contribution in [3.8, 4) is 11.5 Å². The molecule has 0 unspecified atom stereocenters. The van der Waals surface area contributed by atoms with Crippen LogP contribution in [0.5, 0.6) is 11.5 Å². The third-order valence-corrected chi connectivity index (χ3v) is 6.47. The molecule has 182 valence electrons. The molecule has 9 nitrogen and oxygen atoms in total. The van der Waals surface area contributed by atoms with Crippen molar-refractivity contribution in [3.63, 3.8) is 0 Å². The quantitative estimate of drug-likeness (QED) is 0.555. The second-order valence-corrected chi connectivity index (χ2v) is 8.92. The number of nitrogens with zero attached hydrogens (tertiary/aromatic N) is 2. The molecule has 2 heterocycles. The number of hydrogen-bond acceptors (Lipinski definition) is 7. The van der Waals surface area contributed by atoms with Crippen LogP contribution < -0.4 is 9.47 Å². The van der Waals surface area contributed by atoms with Crippen LogP contribution in [-0.2, 0) is 27.3 Å². The van der Waals surface area contributed by atoms with Gasteiger partial charge in [0.1, 0.15) is 6.54 Å². The fourth-order valence-corrected chi connectivity index (χ4v) is 4.71. The van der Waals surface area contributed by atoms with Crippen LogP contribution in [0.4, 0.5) is 4.79 Å². The minimum absolute atomic E-state index is 0.188. The first-order valence-corrected chi connectivity index (χ1v) is 11.9. The highest BCUT2D eigenvalue weighted by molar-refractivity contribution is 8.18. The molecule has 1 saturated heterocycles. The summed E-state index contributed by atoms with van der Waals surface area (Å²) in [7, 11) is 0. The molecule has 2 aliphatic rings. The van der Waals surface area contributed by atoms with Gasteiger partial charge in [0, 0.05) is 13.1 Å². The van der Waals surface area contributed by atoms with Crippen LogP contribution in [0, 0.1) is 0 Å². The predicted molar refractivity (Wildman–Crippen MR) is 129 cm³/mol. The number of carboxylic acid groups (broad SMARTS) is 1. The van der Waals surface area contributed by atoms with Crippen LogP contribution in [0.15, 0.2) is 47.4 Å². The van der Waals surface area contributed by atoms with Gasteiger partial charge in [0.15, 0.2) is 18.1 Å². The zero-order chi connectivity index (χ0) is 24.9. The summed E-state index contributed by atoms with van der Waals surface area (Å²) in [5.74, 6) is -1.35. The van der Waals surface area contributed by atoms with E-state index in [9.17, 15) is 19.2 Å². The maximum Gasteiger partial charge on any atom is 0.341 e. The average Bonchev–Trinajstić information content (AvgIpc) is 3.10. The Hall–Kier alpha value is -3.79. The second-order valence-electron chi connectivity index (χ2n) is 7.92. The number of rotatable bonds is 8. The van der Waals surface area contributed by atoms with Crippen LogP contribution in [-0.4, -0.2) is 64.2 Å². The van der Waals surface area contributed by atoms with Crippen LogP contribution in [0.3, 0.4) is 0 Å². The summed E-state index contributed by atoms with van der Waals surface area (Å²) in [6, 6.07) is 12.7. The van der Waals surface area contributed by atoms with E-state index in [0.29, 0.717) is 31.0 Å². The Morgan fingerprint density at radius 2 is 1.86 bits per heavy atom. The fraction of sp³-hybridized carbons (Fsp3) is 0.280. The van der Waals surface area contributed by atoms with Gasteiger partial charge in [-0.15, -0.1) is 0 Å². The van der Waals surface area contributed by atoms with Crippen molar-refractivity contribution in [2.45, 2.75) is 19.9 Å². The normalized spacial score (nSPS) is 16.4. The fourth-order valence-electron chi connectivity index (χ4n) is 3.87. The first-order valence-electron chi connectivity index (χ1n) is 11.1. The van der Waals surface area contributed by atoms with E-state index in [4.69, 9.17) is 14.6 Å². The summed E-state index contributed by atoms with van der Waals surface area (Å²) in [5, 5.41) is 8.33. The number of hydrogen-bond donors (Lipinski definition) is 1. The van der Waals surface area contributed by atoms with Crippen molar-refractivity contribution in [1.82, 2.24) is 9.80 Å². The highest BCUT2D eigenvalue weighted by Gasteiger charge is 2.37. The highest BCUT2D eigenvalue weighted by atomic mass is 32.2. The molecule has 0 saturated carbocycles. The Morgan fingerprint density at radius 3 is 2.60 bits per heavy atom. The van der Waals surface area contributed by atoms with Crippen molar-refractivity contribution in [2.75, 3.05) is 26.3 Å². The topological polar surface area (TPSA) is 113 Å². The molecule has 4 rings (SSSR count). The standard InChI is InChI=1S/C25H24N2O7S/c1-2-33-20-11-16(7-8-19(20)34-15-23(29)30)12-21-24(31)27(25(32)35-21)14-22(28)26-10-9-17-5-3-4-6-18(17)13-26/h3-8,11-12H,2,9-10,13-15H2,1H3,(H,29,30)/b21-12-. The number of carbonyl (C=O) groups excluding carboxylic acids is 3. The summed E-state index contributed by atoms with van der Waals surface area (Å²) >= 11 is 0.769. The molecule has 1 fully saturated rings. The number of aliphatic carboxylic acids is 1. The number of carbonyl (C=O) groups is 4. The molecule has 0 bridgehead atoms. The Balaban J connectivity index is 1.45. The van der Waals surface area contributed by atoms with Gasteiger partial charge in [-0.3, -0.25) is 19.3 Å². The third kappa shape index (κ3) is 5.65. The van der Waals surface area contributed by atoms with Crippen LogP contribution >= 0.6 is 11.8 Å². The smallest absolute Gasteiger partial charge is 0.341 e. The Labute approximate surface area is 206 Å². The van der Waals surface area contributed by atoms with Gasteiger partial charge in [0.05, 0.1) is 11.5 Å². The van der Waals surface area contributed by atoms with Gasteiger partial charge >= 0.3 is 5.97 Å². The van der Waals surface area contributed by atoms with E-state index in [-0.39, 0.29) is 23.1 Å². The monoisotopic (exact) mass is 496 g/mol. The van der Waals surface area contributed by atoms with Crippen molar-refractivity contribution in [3.05, 3.63) is 64.1 Å². The lowest BCUT2D eigenvalue weighted by atomic mass is 10.00. The third-order valence-electron chi connectivity index (χ3n) is 5.57. The summed E-state index contributed by atoms with van der Waals surface area (Å²) in [6.07, 6.45) is 2.27. The lowest BCUT2D eigenvalue weighted by molar-refractivity contribution is -0.139. The zero-order valence-electron chi connectivity index (χ0n) is 19.1. The van der Waals surface area contributed by atoms with Crippen molar-refractivity contribution in [1.29, 1.82) is 0 Å². The van der Waals surface area contributed by atoms with E-state index in [1.807, 2.05) is 24.3 Å². The number of carboxylic acids is 1. The molecule has 10 heteroatoms. The molecule has 0 spiro atoms. The number of amides is 3. The highest BCUT2D eigenvalue weighted by Crippen LogP contribution is 2.35. The average molecular weight is 497 g/mol. The molecule has 3 amide bonds. The predicted octanol–water partition coefficient (Wildman–Crippen LogP) is 3.17. The van der Waals surface area contributed by atoms with Crippen molar-refractivity contribution >= 4 is 40.9 Å². The summed E-state index contributed by atoms with van der Waals surface area (Å²) in [4.78, 5) is 51.9.